The number of thiocarbonyl (C=S) groups is 1. The standard InChI is InChI=1S/C17H14F4N2O2S/c18-15-10(2-1-3-12(15)17(19,20)21)9-22-16(26)23-11-4-5-13-14(8-11)25-7-6-24-13/h1-5,8H,6-7,9H2,(H2,22,23,26). The lowest BCUT2D eigenvalue weighted by molar-refractivity contribution is -0.140. The molecular formula is C17H14F4N2O2S. The first-order valence-electron chi connectivity index (χ1n) is 7.63. The molecule has 0 unspecified atom stereocenters. The highest BCUT2D eigenvalue weighted by Gasteiger charge is 2.34. The fraction of sp³-hybridized carbons (Fsp3) is 0.235. The second-order valence-corrected chi connectivity index (χ2v) is 5.85. The van der Waals surface area contributed by atoms with Crippen LogP contribution >= 0.6 is 12.2 Å². The van der Waals surface area contributed by atoms with E-state index in [9.17, 15) is 17.6 Å². The number of rotatable bonds is 3. The van der Waals surface area contributed by atoms with Gasteiger partial charge in [0.1, 0.15) is 19.0 Å². The third-order valence-electron chi connectivity index (χ3n) is 3.62. The van der Waals surface area contributed by atoms with Gasteiger partial charge in [0, 0.05) is 23.9 Å². The molecule has 26 heavy (non-hydrogen) atoms. The molecule has 0 aliphatic carbocycles. The van der Waals surface area contributed by atoms with Gasteiger partial charge in [-0.15, -0.1) is 0 Å². The van der Waals surface area contributed by atoms with Crippen molar-refractivity contribution in [1.82, 2.24) is 5.32 Å². The highest BCUT2D eigenvalue weighted by Crippen LogP contribution is 2.33. The molecule has 2 aromatic carbocycles. The lowest BCUT2D eigenvalue weighted by Crippen LogP contribution is -2.28. The zero-order chi connectivity index (χ0) is 18.7. The number of fused-ring (bicyclic) bond motifs is 1. The first kappa shape index (κ1) is 18.2. The summed E-state index contributed by atoms with van der Waals surface area (Å²) in [5, 5.41) is 5.69. The fourth-order valence-corrected chi connectivity index (χ4v) is 2.60. The van der Waals surface area contributed by atoms with Gasteiger partial charge in [-0.3, -0.25) is 0 Å². The van der Waals surface area contributed by atoms with E-state index >= 15 is 0 Å². The Morgan fingerprint density at radius 2 is 1.81 bits per heavy atom. The van der Waals surface area contributed by atoms with Crippen molar-refractivity contribution in [3.63, 3.8) is 0 Å². The highest BCUT2D eigenvalue weighted by molar-refractivity contribution is 7.80. The largest absolute Gasteiger partial charge is 0.486 e. The molecule has 0 spiro atoms. The number of hydrogen-bond acceptors (Lipinski definition) is 3. The molecule has 0 saturated heterocycles. The summed E-state index contributed by atoms with van der Waals surface area (Å²) in [5.41, 5.74) is -0.829. The van der Waals surface area contributed by atoms with Crippen LogP contribution in [0.4, 0.5) is 23.2 Å². The Bertz CT molecular complexity index is 827. The van der Waals surface area contributed by atoms with E-state index < -0.39 is 17.6 Å². The predicted molar refractivity (Wildman–Crippen MR) is 91.9 cm³/mol. The van der Waals surface area contributed by atoms with Gasteiger partial charge >= 0.3 is 6.18 Å². The molecule has 138 valence electrons. The molecule has 4 nitrogen and oxygen atoms in total. The lowest BCUT2D eigenvalue weighted by Gasteiger charge is -2.19. The van der Waals surface area contributed by atoms with E-state index in [1.165, 1.54) is 6.07 Å². The molecule has 0 radical (unpaired) electrons. The van der Waals surface area contributed by atoms with Crippen molar-refractivity contribution >= 4 is 23.0 Å². The molecule has 0 saturated carbocycles. The number of alkyl halides is 3. The summed E-state index contributed by atoms with van der Waals surface area (Å²) < 4.78 is 63.0. The van der Waals surface area contributed by atoms with Gasteiger partial charge in [-0.1, -0.05) is 12.1 Å². The third-order valence-corrected chi connectivity index (χ3v) is 3.87. The predicted octanol–water partition coefficient (Wildman–Crippen LogP) is 4.10. The Hall–Kier alpha value is -2.55. The van der Waals surface area contributed by atoms with E-state index in [0.717, 1.165) is 6.07 Å². The van der Waals surface area contributed by atoms with Crippen LogP contribution in [-0.2, 0) is 12.7 Å². The van der Waals surface area contributed by atoms with Crippen molar-refractivity contribution in [2.24, 2.45) is 0 Å². The maximum absolute atomic E-state index is 14.0. The topological polar surface area (TPSA) is 42.5 Å². The van der Waals surface area contributed by atoms with Crippen molar-refractivity contribution in [1.29, 1.82) is 0 Å². The minimum absolute atomic E-state index is 0.133. The number of hydrogen-bond donors (Lipinski definition) is 2. The Morgan fingerprint density at radius 1 is 1.08 bits per heavy atom. The van der Waals surface area contributed by atoms with Gasteiger partial charge < -0.3 is 20.1 Å². The van der Waals surface area contributed by atoms with Crippen LogP contribution in [0.25, 0.3) is 0 Å². The van der Waals surface area contributed by atoms with E-state index in [-0.39, 0.29) is 17.2 Å². The Kier molecular flexibility index (Phi) is 5.17. The van der Waals surface area contributed by atoms with Gasteiger partial charge in [-0.05, 0) is 30.4 Å². The van der Waals surface area contributed by atoms with E-state index in [1.807, 2.05) is 0 Å². The summed E-state index contributed by atoms with van der Waals surface area (Å²) in [7, 11) is 0. The van der Waals surface area contributed by atoms with Crippen LogP contribution in [0.5, 0.6) is 11.5 Å². The molecule has 0 fully saturated rings. The van der Waals surface area contributed by atoms with Crippen molar-refractivity contribution in [2.75, 3.05) is 18.5 Å². The van der Waals surface area contributed by atoms with Crippen LogP contribution in [0, 0.1) is 5.82 Å². The van der Waals surface area contributed by atoms with Crippen LogP contribution in [0.3, 0.4) is 0 Å². The van der Waals surface area contributed by atoms with Crippen LogP contribution < -0.4 is 20.1 Å². The van der Waals surface area contributed by atoms with Crippen LogP contribution in [0.15, 0.2) is 36.4 Å². The van der Waals surface area contributed by atoms with Gasteiger partial charge in [0.05, 0.1) is 5.56 Å². The minimum atomic E-state index is -4.75. The van der Waals surface area contributed by atoms with Crippen molar-refractivity contribution in [2.45, 2.75) is 12.7 Å². The molecule has 0 aromatic heterocycles. The van der Waals surface area contributed by atoms with Crippen molar-refractivity contribution in [3.8, 4) is 11.5 Å². The number of halogens is 4. The van der Waals surface area contributed by atoms with Crippen molar-refractivity contribution in [3.05, 3.63) is 53.3 Å². The van der Waals surface area contributed by atoms with Gasteiger partial charge in [0.25, 0.3) is 0 Å². The average molecular weight is 386 g/mol. The second-order valence-electron chi connectivity index (χ2n) is 5.44. The maximum Gasteiger partial charge on any atom is 0.419 e. The van der Waals surface area contributed by atoms with Gasteiger partial charge in [0.2, 0.25) is 0 Å². The normalized spacial score (nSPS) is 13.2. The molecule has 1 heterocycles. The first-order valence-corrected chi connectivity index (χ1v) is 8.04. The Morgan fingerprint density at radius 3 is 2.54 bits per heavy atom. The molecule has 3 rings (SSSR count). The highest BCUT2D eigenvalue weighted by atomic mass is 32.1. The SMILES string of the molecule is Fc1c(CNC(=S)Nc2ccc3c(c2)OCCO3)cccc1C(F)(F)F. The smallest absolute Gasteiger partial charge is 0.419 e. The molecular weight excluding hydrogens is 372 g/mol. The molecule has 2 N–H and O–H groups in total. The number of ether oxygens (including phenoxy) is 2. The Labute approximate surface area is 152 Å². The van der Waals surface area contributed by atoms with Crippen LogP contribution in [0.2, 0.25) is 0 Å². The lowest BCUT2D eigenvalue weighted by atomic mass is 10.1. The van der Waals surface area contributed by atoms with Crippen LogP contribution in [-0.4, -0.2) is 18.3 Å². The first-order chi connectivity index (χ1) is 12.3. The Balaban J connectivity index is 1.63. The van der Waals surface area contributed by atoms with Gasteiger partial charge in [0.15, 0.2) is 16.6 Å². The second kappa shape index (κ2) is 7.36. The fourth-order valence-electron chi connectivity index (χ4n) is 2.41. The third kappa shape index (κ3) is 4.16. The zero-order valence-corrected chi connectivity index (χ0v) is 14.1. The van der Waals surface area contributed by atoms with E-state index in [1.54, 1.807) is 18.2 Å². The molecule has 1 aliphatic heterocycles. The molecule has 9 heteroatoms. The molecule has 0 atom stereocenters. The number of anilines is 1. The summed E-state index contributed by atoms with van der Waals surface area (Å²) in [6.45, 7) is 0.725. The van der Waals surface area contributed by atoms with Crippen molar-refractivity contribution < 1.29 is 27.0 Å². The monoisotopic (exact) mass is 386 g/mol. The number of benzene rings is 2. The average Bonchev–Trinajstić information content (AvgIpc) is 2.60. The molecule has 1 aliphatic rings. The van der Waals surface area contributed by atoms with E-state index in [2.05, 4.69) is 10.6 Å². The quantitative estimate of drug-likeness (QED) is 0.614. The summed E-state index contributed by atoms with van der Waals surface area (Å²) >= 11 is 5.10. The maximum atomic E-state index is 14.0. The van der Waals surface area contributed by atoms with Gasteiger partial charge in [-0.2, -0.15) is 13.2 Å². The van der Waals surface area contributed by atoms with E-state index in [0.29, 0.717) is 36.5 Å². The summed E-state index contributed by atoms with van der Waals surface area (Å²) in [6.07, 6.45) is -4.75. The number of nitrogens with one attached hydrogen (secondary N) is 2. The zero-order valence-electron chi connectivity index (χ0n) is 13.3. The summed E-state index contributed by atoms with van der Waals surface area (Å²) in [5.74, 6) is -0.130. The minimum Gasteiger partial charge on any atom is -0.486 e. The van der Waals surface area contributed by atoms with Gasteiger partial charge in [-0.25, -0.2) is 4.39 Å². The van der Waals surface area contributed by atoms with Crippen LogP contribution in [0.1, 0.15) is 11.1 Å². The van der Waals surface area contributed by atoms with E-state index in [4.69, 9.17) is 21.7 Å². The summed E-state index contributed by atoms with van der Waals surface area (Å²) in [4.78, 5) is 0. The molecule has 2 aromatic rings. The molecule has 0 amide bonds. The summed E-state index contributed by atoms with van der Waals surface area (Å²) in [6, 6.07) is 8.24. The molecule has 0 bridgehead atoms.